The Kier molecular flexibility index (Phi) is 2.45. The second-order valence-electron chi connectivity index (χ2n) is 3.50. The van der Waals surface area contributed by atoms with Gasteiger partial charge in [-0.15, -0.1) is 0 Å². The molecule has 0 bridgehead atoms. The van der Waals surface area contributed by atoms with Gasteiger partial charge in [-0.1, -0.05) is 17.3 Å². The molecule has 17 heavy (non-hydrogen) atoms. The molecule has 0 aliphatic rings. The minimum Gasteiger partial charge on any atom is -0.424 e. The van der Waals surface area contributed by atoms with Gasteiger partial charge < -0.3 is 14.3 Å². The molecule has 6 nitrogen and oxygen atoms in total. The fraction of sp³-hybridized carbons (Fsp3) is 0.182. The molecule has 6 heteroatoms. The molecule has 0 fully saturated rings. The van der Waals surface area contributed by atoms with E-state index in [2.05, 4.69) is 20.4 Å². The van der Waals surface area contributed by atoms with Gasteiger partial charge in [0.2, 0.25) is 5.89 Å². The summed E-state index contributed by atoms with van der Waals surface area (Å²) in [6.45, 7) is 0.634. The Bertz CT molecular complexity index is 570. The number of nitrogens with zero attached hydrogens (tertiary/aromatic N) is 3. The Balaban J connectivity index is 1.65. The molecule has 86 valence electrons. The third-order valence-electron chi connectivity index (χ3n) is 2.32. The van der Waals surface area contributed by atoms with Crippen LogP contribution in [0.5, 0.6) is 0 Å². The first-order chi connectivity index (χ1) is 8.42. The van der Waals surface area contributed by atoms with E-state index in [0.29, 0.717) is 24.9 Å². The van der Waals surface area contributed by atoms with Gasteiger partial charge in [0.05, 0.1) is 0 Å². The molecule has 1 N–H and O–H groups in total. The summed E-state index contributed by atoms with van der Waals surface area (Å²) in [6.07, 6.45) is 2.02. The van der Waals surface area contributed by atoms with E-state index in [1.807, 2.05) is 24.3 Å². The number of nitrogens with one attached hydrogen (secondary N) is 1. The van der Waals surface area contributed by atoms with Crippen molar-refractivity contribution in [2.75, 3.05) is 11.9 Å². The molecule has 0 spiro atoms. The van der Waals surface area contributed by atoms with Gasteiger partial charge in [-0.2, -0.15) is 9.97 Å². The van der Waals surface area contributed by atoms with Crippen LogP contribution in [0.3, 0.4) is 0 Å². The maximum Gasteiger partial charge on any atom is 0.295 e. The predicted molar refractivity (Wildman–Crippen MR) is 60.5 cm³/mol. The lowest BCUT2D eigenvalue weighted by molar-refractivity contribution is 0.379. The lowest BCUT2D eigenvalue weighted by Crippen LogP contribution is -2.04. The van der Waals surface area contributed by atoms with E-state index < -0.39 is 0 Å². The quantitative estimate of drug-likeness (QED) is 0.737. The van der Waals surface area contributed by atoms with Crippen molar-refractivity contribution in [3.8, 4) is 0 Å². The number of oxazole rings is 1. The summed E-state index contributed by atoms with van der Waals surface area (Å²) >= 11 is 0. The van der Waals surface area contributed by atoms with Gasteiger partial charge in [0.15, 0.2) is 11.9 Å². The number of hydrogen-bond acceptors (Lipinski definition) is 6. The molecule has 0 saturated heterocycles. The summed E-state index contributed by atoms with van der Waals surface area (Å²) in [4.78, 5) is 8.21. The van der Waals surface area contributed by atoms with Gasteiger partial charge in [0.25, 0.3) is 6.01 Å². The Morgan fingerprint density at radius 2 is 2.18 bits per heavy atom. The molecule has 1 aromatic carbocycles. The van der Waals surface area contributed by atoms with Crippen molar-refractivity contribution in [3.05, 3.63) is 36.5 Å². The van der Waals surface area contributed by atoms with Crippen LogP contribution >= 0.6 is 0 Å². The highest BCUT2D eigenvalue weighted by Gasteiger charge is 2.04. The van der Waals surface area contributed by atoms with Crippen molar-refractivity contribution < 1.29 is 8.94 Å². The molecule has 0 unspecified atom stereocenters. The predicted octanol–water partition coefficient (Wildman–Crippen LogP) is 1.87. The first-order valence-electron chi connectivity index (χ1n) is 5.27. The Morgan fingerprint density at radius 3 is 3.00 bits per heavy atom. The van der Waals surface area contributed by atoms with Crippen LogP contribution in [0.4, 0.5) is 6.01 Å². The summed E-state index contributed by atoms with van der Waals surface area (Å²) in [6, 6.07) is 8.13. The summed E-state index contributed by atoms with van der Waals surface area (Å²) in [5.74, 6) is 0.591. The van der Waals surface area contributed by atoms with Crippen LogP contribution in [0, 0.1) is 0 Å². The first kappa shape index (κ1) is 9.83. The number of hydrogen-bond donors (Lipinski definition) is 1. The zero-order valence-corrected chi connectivity index (χ0v) is 8.96. The zero-order valence-electron chi connectivity index (χ0n) is 8.96. The summed E-state index contributed by atoms with van der Waals surface area (Å²) in [5.41, 5.74) is 1.61. The summed E-state index contributed by atoms with van der Waals surface area (Å²) in [7, 11) is 0. The minimum absolute atomic E-state index is 0.505. The molecule has 0 aliphatic heterocycles. The molecular formula is C11H10N4O2. The second-order valence-corrected chi connectivity index (χ2v) is 3.50. The molecule has 0 radical (unpaired) electrons. The molecule has 0 saturated carbocycles. The van der Waals surface area contributed by atoms with Crippen LogP contribution < -0.4 is 5.32 Å². The first-order valence-corrected chi connectivity index (χ1v) is 5.27. The number of rotatable bonds is 4. The summed E-state index contributed by atoms with van der Waals surface area (Å²) < 4.78 is 10.4. The monoisotopic (exact) mass is 230 g/mol. The fourth-order valence-corrected chi connectivity index (χ4v) is 1.53. The topological polar surface area (TPSA) is 77.0 Å². The number of fused-ring (bicyclic) bond motifs is 1. The highest BCUT2D eigenvalue weighted by molar-refractivity contribution is 5.74. The van der Waals surface area contributed by atoms with Crippen molar-refractivity contribution >= 4 is 17.1 Å². The molecule has 2 aromatic heterocycles. The molecular weight excluding hydrogens is 220 g/mol. The third kappa shape index (κ3) is 2.10. The Hall–Kier alpha value is -2.37. The van der Waals surface area contributed by atoms with E-state index in [0.717, 1.165) is 11.1 Å². The maximum absolute atomic E-state index is 5.50. The normalized spacial score (nSPS) is 10.8. The van der Waals surface area contributed by atoms with Crippen LogP contribution in [-0.4, -0.2) is 21.7 Å². The highest BCUT2D eigenvalue weighted by Crippen LogP contribution is 2.17. The van der Waals surface area contributed by atoms with E-state index in [1.54, 1.807) is 0 Å². The van der Waals surface area contributed by atoms with Crippen molar-refractivity contribution in [1.82, 2.24) is 15.1 Å². The third-order valence-corrected chi connectivity index (χ3v) is 2.32. The van der Waals surface area contributed by atoms with Crippen LogP contribution in [0.2, 0.25) is 0 Å². The molecule has 2 heterocycles. The van der Waals surface area contributed by atoms with Crippen LogP contribution in [0.1, 0.15) is 5.89 Å². The van der Waals surface area contributed by atoms with Crippen LogP contribution in [0.15, 0.2) is 39.5 Å². The van der Waals surface area contributed by atoms with Gasteiger partial charge in [0.1, 0.15) is 5.52 Å². The number of aromatic nitrogens is 3. The van der Waals surface area contributed by atoms with Crippen molar-refractivity contribution in [2.24, 2.45) is 0 Å². The van der Waals surface area contributed by atoms with Crippen LogP contribution in [-0.2, 0) is 6.42 Å². The lowest BCUT2D eigenvalue weighted by atomic mass is 10.3. The minimum atomic E-state index is 0.505. The van der Waals surface area contributed by atoms with Gasteiger partial charge >= 0.3 is 0 Å². The van der Waals surface area contributed by atoms with E-state index in [9.17, 15) is 0 Å². The molecule has 3 aromatic rings. The van der Waals surface area contributed by atoms with Gasteiger partial charge in [-0.05, 0) is 12.1 Å². The number of benzene rings is 1. The molecule has 0 aliphatic carbocycles. The molecule has 0 amide bonds. The average Bonchev–Trinajstić information content (AvgIpc) is 2.96. The average molecular weight is 230 g/mol. The van der Waals surface area contributed by atoms with Gasteiger partial charge in [0, 0.05) is 13.0 Å². The van der Waals surface area contributed by atoms with E-state index >= 15 is 0 Å². The second kappa shape index (κ2) is 4.25. The van der Waals surface area contributed by atoms with Crippen molar-refractivity contribution in [3.63, 3.8) is 0 Å². The smallest absolute Gasteiger partial charge is 0.295 e. The van der Waals surface area contributed by atoms with E-state index in [1.165, 1.54) is 6.33 Å². The maximum atomic E-state index is 5.50. The molecule has 0 atom stereocenters. The fourth-order valence-electron chi connectivity index (χ4n) is 1.53. The van der Waals surface area contributed by atoms with Gasteiger partial charge in [-0.3, -0.25) is 0 Å². The van der Waals surface area contributed by atoms with Crippen molar-refractivity contribution in [2.45, 2.75) is 6.42 Å². The summed E-state index contributed by atoms with van der Waals surface area (Å²) in [5, 5.41) is 6.60. The zero-order chi connectivity index (χ0) is 11.5. The van der Waals surface area contributed by atoms with Gasteiger partial charge in [-0.25, -0.2) is 0 Å². The Morgan fingerprint density at radius 1 is 1.24 bits per heavy atom. The highest BCUT2D eigenvalue weighted by atomic mass is 16.5. The SMILES string of the molecule is c1ccc2oc(NCCc3ncno3)nc2c1. The van der Waals surface area contributed by atoms with Crippen molar-refractivity contribution in [1.29, 1.82) is 0 Å². The van der Waals surface area contributed by atoms with E-state index in [-0.39, 0.29) is 0 Å². The van der Waals surface area contributed by atoms with E-state index in [4.69, 9.17) is 8.94 Å². The lowest BCUT2D eigenvalue weighted by Gasteiger charge is -1.96. The number of para-hydroxylation sites is 2. The Labute approximate surface area is 96.6 Å². The number of anilines is 1. The molecule has 3 rings (SSSR count). The standard InChI is InChI=1S/C11H10N4O2/c1-2-4-9-8(3-1)15-11(16-9)12-6-5-10-13-7-14-17-10/h1-4,7H,5-6H2,(H,12,15). The largest absolute Gasteiger partial charge is 0.424 e. The van der Waals surface area contributed by atoms with Crippen LogP contribution in [0.25, 0.3) is 11.1 Å².